The number of hydrogen-bond acceptors (Lipinski definition) is 5. The van der Waals surface area contributed by atoms with Crippen LogP contribution in [0.3, 0.4) is 0 Å². The molecule has 2 aromatic rings. The van der Waals surface area contributed by atoms with Gasteiger partial charge in [-0.05, 0) is 18.2 Å². The topological polar surface area (TPSA) is 63.9 Å². The summed E-state index contributed by atoms with van der Waals surface area (Å²) in [6, 6.07) is 6.98. The van der Waals surface area contributed by atoms with E-state index in [4.69, 9.17) is 30.6 Å². The SMILES string of the molecule is COc1cc(OC)c(NCc2ccc(CO)o2)cc1Cl. The van der Waals surface area contributed by atoms with Crippen LogP contribution >= 0.6 is 11.6 Å². The van der Waals surface area contributed by atoms with E-state index in [-0.39, 0.29) is 6.61 Å². The second kappa shape index (κ2) is 6.54. The zero-order valence-corrected chi connectivity index (χ0v) is 12.0. The molecule has 0 aliphatic heterocycles. The molecule has 1 heterocycles. The number of aliphatic hydroxyl groups excluding tert-OH is 1. The van der Waals surface area contributed by atoms with E-state index in [0.29, 0.717) is 34.6 Å². The minimum absolute atomic E-state index is 0.113. The van der Waals surface area contributed by atoms with Crippen LogP contribution in [0.1, 0.15) is 11.5 Å². The average molecular weight is 298 g/mol. The van der Waals surface area contributed by atoms with Gasteiger partial charge in [0.1, 0.15) is 29.6 Å². The zero-order valence-electron chi connectivity index (χ0n) is 11.3. The van der Waals surface area contributed by atoms with Crippen molar-refractivity contribution >= 4 is 17.3 Å². The lowest BCUT2D eigenvalue weighted by Crippen LogP contribution is -2.01. The molecule has 0 saturated carbocycles. The molecule has 0 aliphatic rings. The first-order valence-electron chi connectivity index (χ1n) is 6.01. The molecule has 0 bridgehead atoms. The van der Waals surface area contributed by atoms with Crippen molar-refractivity contribution in [3.05, 3.63) is 40.8 Å². The number of benzene rings is 1. The highest BCUT2D eigenvalue weighted by Gasteiger charge is 2.10. The Hall–Kier alpha value is -1.85. The first kappa shape index (κ1) is 14.6. The molecule has 0 saturated heterocycles. The van der Waals surface area contributed by atoms with Crippen LogP contribution in [0.15, 0.2) is 28.7 Å². The van der Waals surface area contributed by atoms with Crippen molar-refractivity contribution in [1.82, 2.24) is 0 Å². The normalized spacial score (nSPS) is 10.4. The summed E-state index contributed by atoms with van der Waals surface area (Å²) >= 11 is 6.09. The lowest BCUT2D eigenvalue weighted by Gasteiger charge is -2.13. The van der Waals surface area contributed by atoms with Crippen LogP contribution in [0, 0.1) is 0 Å². The number of nitrogens with one attached hydrogen (secondary N) is 1. The first-order valence-corrected chi connectivity index (χ1v) is 6.39. The third-order valence-electron chi connectivity index (χ3n) is 2.80. The Morgan fingerprint density at radius 2 is 1.85 bits per heavy atom. The number of aliphatic hydroxyl groups is 1. The van der Waals surface area contributed by atoms with Gasteiger partial charge in [0.15, 0.2) is 0 Å². The van der Waals surface area contributed by atoms with Crippen LogP contribution in [0.5, 0.6) is 11.5 Å². The predicted molar refractivity (Wildman–Crippen MR) is 76.5 cm³/mol. The Kier molecular flexibility index (Phi) is 4.76. The van der Waals surface area contributed by atoms with Crippen molar-refractivity contribution in [2.75, 3.05) is 19.5 Å². The van der Waals surface area contributed by atoms with E-state index < -0.39 is 0 Å². The minimum Gasteiger partial charge on any atom is -0.495 e. The number of rotatable bonds is 6. The summed E-state index contributed by atoms with van der Waals surface area (Å²) in [5.74, 6) is 2.42. The molecule has 0 atom stereocenters. The molecule has 108 valence electrons. The second-order valence-electron chi connectivity index (χ2n) is 4.07. The van der Waals surface area contributed by atoms with E-state index in [9.17, 15) is 0 Å². The monoisotopic (exact) mass is 297 g/mol. The Balaban J connectivity index is 2.14. The molecule has 0 radical (unpaired) electrons. The van der Waals surface area contributed by atoms with E-state index in [1.807, 2.05) is 0 Å². The molecule has 0 unspecified atom stereocenters. The number of hydrogen-bond donors (Lipinski definition) is 2. The summed E-state index contributed by atoms with van der Waals surface area (Å²) < 4.78 is 15.8. The van der Waals surface area contributed by atoms with Crippen LogP contribution in [0.2, 0.25) is 5.02 Å². The summed E-state index contributed by atoms with van der Waals surface area (Å²) in [5, 5.41) is 12.6. The smallest absolute Gasteiger partial charge is 0.145 e. The highest BCUT2D eigenvalue weighted by Crippen LogP contribution is 2.36. The third-order valence-corrected chi connectivity index (χ3v) is 3.10. The van der Waals surface area contributed by atoms with E-state index >= 15 is 0 Å². The van der Waals surface area contributed by atoms with E-state index in [0.717, 1.165) is 5.69 Å². The summed E-state index contributed by atoms with van der Waals surface area (Å²) in [5.41, 5.74) is 0.736. The molecule has 2 rings (SSSR count). The van der Waals surface area contributed by atoms with E-state index in [2.05, 4.69) is 5.32 Å². The van der Waals surface area contributed by atoms with Gasteiger partial charge >= 0.3 is 0 Å². The van der Waals surface area contributed by atoms with Gasteiger partial charge in [-0.25, -0.2) is 0 Å². The Bertz CT molecular complexity index is 583. The molecule has 6 heteroatoms. The summed E-state index contributed by atoms with van der Waals surface area (Å²) in [6.45, 7) is 0.344. The molecule has 5 nitrogen and oxygen atoms in total. The highest BCUT2D eigenvalue weighted by molar-refractivity contribution is 6.32. The maximum atomic E-state index is 8.95. The largest absolute Gasteiger partial charge is 0.495 e. The number of ether oxygens (including phenoxy) is 2. The van der Waals surface area contributed by atoms with Gasteiger partial charge in [0.25, 0.3) is 0 Å². The van der Waals surface area contributed by atoms with Gasteiger partial charge in [-0.2, -0.15) is 0 Å². The molecular weight excluding hydrogens is 282 g/mol. The molecule has 20 heavy (non-hydrogen) atoms. The molecule has 1 aromatic heterocycles. The summed E-state index contributed by atoms with van der Waals surface area (Å²) in [4.78, 5) is 0. The standard InChI is InChI=1S/C14H16ClNO4/c1-18-13-6-14(19-2)12(5-11(13)15)16-7-9-3-4-10(8-17)20-9/h3-6,16-17H,7-8H2,1-2H3. The fourth-order valence-corrected chi connectivity index (χ4v) is 2.02. The highest BCUT2D eigenvalue weighted by atomic mass is 35.5. The van der Waals surface area contributed by atoms with Crippen molar-refractivity contribution in [1.29, 1.82) is 0 Å². The van der Waals surface area contributed by atoms with Crippen LogP contribution < -0.4 is 14.8 Å². The number of furan rings is 1. The summed E-state index contributed by atoms with van der Waals surface area (Å²) in [7, 11) is 3.12. The third kappa shape index (κ3) is 3.18. The fraction of sp³-hybridized carbons (Fsp3) is 0.286. The van der Waals surface area contributed by atoms with Gasteiger partial charge in [-0.3, -0.25) is 0 Å². The first-order chi connectivity index (χ1) is 9.67. The molecule has 0 amide bonds. The fourth-order valence-electron chi connectivity index (χ4n) is 1.78. The Morgan fingerprint density at radius 1 is 1.15 bits per heavy atom. The maximum absolute atomic E-state index is 8.95. The van der Waals surface area contributed by atoms with E-state index in [1.54, 1.807) is 38.5 Å². The molecule has 0 aliphatic carbocycles. The van der Waals surface area contributed by atoms with E-state index in [1.165, 1.54) is 0 Å². The summed E-state index contributed by atoms with van der Waals surface area (Å²) in [6.07, 6.45) is 0. The number of methoxy groups -OCH3 is 2. The van der Waals surface area contributed by atoms with Crippen molar-refractivity contribution in [3.63, 3.8) is 0 Å². The zero-order chi connectivity index (χ0) is 14.5. The van der Waals surface area contributed by atoms with Gasteiger partial charge in [0.2, 0.25) is 0 Å². The Morgan fingerprint density at radius 3 is 2.45 bits per heavy atom. The van der Waals surface area contributed by atoms with Crippen molar-refractivity contribution in [3.8, 4) is 11.5 Å². The van der Waals surface area contributed by atoms with Gasteiger partial charge in [0.05, 0.1) is 31.5 Å². The molecular formula is C14H16ClNO4. The maximum Gasteiger partial charge on any atom is 0.145 e. The predicted octanol–water partition coefficient (Wildman–Crippen LogP) is 3.05. The molecule has 2 N–H and O–H groups in total. The average Bonchev–Trinajstić information content (AvgIpc) is 2.93. The number of anilines is 1. The number of halogens is 1. The minimum atomic E-state index is -0.113. The Labute approximate surface area is 122 Å². The van der Waals surface area contributed by atoms with Gasteiger partial charge in [0, 0.05) is 6.07 Å². The van der Waals surface area contributed by atoms with Crippen molar-refractivity contribution in [2.24, 2.45) is 0 Å². The van der Waals surface area contributed by atoms with Crippen LogP contribution in [0.4, 0.5) is 5.69 Å². The van der Waals surface area contributed by atoms with Gasteiger partial charge in [-0.1, -0.05) is 11.6 Å². The van der Waals surface area contributed by atoms with Crippen molar-refractivity contribution < 1.29 is 19.0 Å². The van der Waals surface area contributed by atoms with Crippen LogP contribution in [-0.4, -0.2) is 19.3 Å². The van der Waals surface area contributed by atoms with Gasteiger partial charge in [-0.15, -0.1) is 0 Å². The molecule has 0 fully saturated rings. The van der Waals surface area contributed by atoms with Crippen LogP contribution in [-0.2, 0) is 13.2 Å². The molecule has 0 spiro atoms. The van der Waals surface area contributed by atoms with Gasteiger partial charge < -0.3 is 24.3 Å². The quantitative estimate of drug-likeness (QED) is 0.858. The lowest BCUT2D eigenvalue weighted by molar-refractivity contribution is 0.244. The van der Waals surface area contributed by atoms with Crippen molar-refractivity contribution in [2.45, 2.75) is 13.2 Å². The van der Waals surface area contributed by atoms with Crippen LogP contribution in [0.25, 0.3) is 0 Å². The lowest BCUT2D eigenvalue weighted by atomic mass is 10.2. The second-order valence-corrected chi connectivity index (χ2v) is 4.47. The molecule has 1 aromatic carbocycles.